The Hall–Kier alpha value is -1.38. The predicted octanol–water partition coefficient (Wildman–Crippen LogP) is 4.68. The molecule has 0 aromatic heterocycles. The summed E-state index contributed by atoms with van der Waals surface area (Å²) in [5.41, 5.74) is 3.26. The van der Waals surface area contributed by atoms with Crippen LogP contribution in [0.15, 0.2) is 42.5 Å². The van der Waals surface area contributed by atoms with Gasteiger partial charge in [-0.05, 0) is 60.8 Å². The highest BCUT2D eigenvalue weighted by atomic mass is 35.5. The lowest BCUT2D eigenvalue weighted by molar-refractivity contribution is 0.545. The molecule has 0 amide bonds. The minimum absolute atomic E-state index is 0.138. The van der Waals surface area contributed by atoms with Gasteiger partial charge >= 0.3 is 0 Å². The van der Waals surface area contributed by atoms with Gasteiger partial charge in [0.15, 0.2) is 0 Å². The van der Waals surface area contributed by atoms with Gasteiger partial charge in [-0.25, -0.2) is 4.39 Å². The topological polar surface area (TPSA) is 12.0 Å². The zero-order valence-electron chi connectivity index (χ0n) is 11.8. The van der Waals surface area contributed by atoms with Crippen molar-refractivity contribution in [3.63, 3.8) is 0 Å². The summed E-state index contributed by atoms with van der Waals surface area (Å²) in [7, 11) is 0. The lowest BCUT2D eigenvalue weighted by Crippen LogP contribution is -2.23. The van der Waals surface area contributed by atoms with Gasteiger partial charge in [0.05, 0.1) is 0 Å². The van der Waals surface area contributed by atoms with Gasteiger partial charge in [0.1, 0.15) is 5.82 Å². The molecule has 3 heteroatoms. The molecule has 2 aromatic carbocycles. The molecular weight excluding hydrogens is 273 g/mol. The molecule has 0 spiro atoms. The summed E-state index contributed by atoms with van der Waals surface area (Å²) in [5, 5.41) is 4.16. The van der Waals surface area contributed by atoms with Gasteiger partial charge in [0, 0.05) is 11.1 Å². The molecule has 1 unspecified atom stereocenters. The molecule has 106 valence electrons. The summed E-state index contributed by atoms with van der Waals surface area (Å²) < 4.78 is 13.4. The summed E-state index contributed by atoms with van der Waals surface area (Å²) in [4.78, 5) is 0. The number of halogens is 2. The van der Waals surface area contributed by atoms with E-state index in [1.165, 1.54) is 6.07 Å². The van der Waals surface area contributed by atoms with Gasteiger partial charge < -0.3 is 5.32 Å². The van der Waals surface area contributed by atoms with Crippen molar-refractivity contribution >= 4 is 11.6 Å². The molecule has 0 saturated carbocycles. The maximum Gasteiger partial charge on any atom is 0.123 e. The molecule has 0 aliphatic heterocycles. The Morgan fingerprint density at radius 3 is 2.70 bits per heavy atom. The normalized spacial score (nSPS) is 12.4. The fraction of sp³-hybridized carbons (Fsp3) is 0.294. The van der Waals surface area contributed by atoms with E-state index in [-0.39, 0.29) is 11.9 Å². The van der Waals surface area contributed by atoms with Gasteiger partial charge in [-0.2, -0.15) is 0 Å². The van der Waals surface area contributed by atoms with Crippen molar-refractivity contribution in [3.05, 3.63) is 70.0 Å². The van der Waals surface area contributed by atoms with E-state index >= 15 is 0 Å². The molecule has 1 nitrogen and oxygen atoms in total. The number of rotatable bonds is 5. The van der Waals surface area contributed by atoms with Crippen molar-refractivity contribution < 1.29 is 4.39 Å². The van der Waals surface area contributed by atoms with E-state index in [1.54, 1.807) is 6.07 Å². The van der Waals surface area contributed by atoms with E-state index in [0.717, 1.165) is 34.7 Å². The van der Waals surface area contributed by atoms with Crippen molar-refractivity contribution in [3.8, 4) is 0 Å². The van der Waals surface area contributed by atoms with Crippen LogP contribution in [-0.4, -0.2) is 6.54 Å². The van der Waals surface area contributed by atoms with E-state index in [2.05, 4.69) is 12.2 Å². The molecule has 2 rings (SSSR count). The largest absolute Gasteiger partial charge is 0.310 e. The van der Waals surface area contributed by atoms with Crippen LogP contribution >= 0.6 is 11.6 Å². The third-order valence-corrected chi connectivity index (χ3v) is 3.67. The molecule has 0 radical (unpaired) electrons. The Balaban J connectivity index is 2.27. The van der Waals surface area contributed by atoms with Crippen molar-refractivity contribution in [2.24, 2.45) is 0 Å². The van der Waals surface area contributed by atoms with Gasteiger partial charge in [0.25, 0.3) is 0 Å². The quantitative estimate of drug-likeness (QED) is 0.843. The SMILES string of the molecule is CCNC(Cc1cc(F)ccc1C)c1cccc(Cl)c1. The van der Waals surface area contributed by atoms with Gasteiger partial charge in [-0.3, -0.25) is 0 Å². The lowest BCUT2D eigenvalue weighted by Gasteiger charge is -2.20. The number of nitrogens with one attached hydrogen (secondary N) is 1. The van der Waals surface area contributed by atoms with Crippen LogP contribution in [-0.2, 0) is 6.42 Å². The molecule has 1 N–H and O–H groups in total. The zero-order chi connectivity index (χ0) is 14.5. The molecule has 0 bridgehead atoms. The summed E-state index contributed by atoms with van der Waals surface area (Å²) in [5.74, 6) is -0.188. The van der Waals surface area contributed by atoms with Crippen LogP contribution in [0.4, 0.5) is 4.39 Å². The lowest BCUT2D eigenvalue weighted by atomic mass is 9.96. The molecule has 0 fully saturated rings. The monoisotopic (exact) mass is 291 g/mol. The third kappa shape index (κ3) is 3.81. The Labute approximate surface area is 124 Å². The molecule has 20 heavy (non-hydrogen) atoms. The maximum atomic E-state index is 13.4. The van der Waals surface area contributed by atoms with Gasteiger partial charge in [0.2, 0.25) is 0 Å². The fourth-order valence-corrected chi connectivity index (χ4v) is 2.56. The summed E-state index contributed by atoms with van der Waals surface area (Å²) in [6, 6.07) is 12.9. The first-order chi connectivity index (χ1) is 9.60. The molecule has 0 aliphatic rings. The Kier molecular flexibility index (Phi) is 5.16. The average Bonchev–Trinajstić information content (AvgIpc) is 2.42. The van der Waals surface area contributed by atoms with Crippen LogP contribution in [0.5, 0.6) is 0 Å². The van der Waals surface area contributed by atoms with E-state index in [4.69, 9.17) is 11.6 Å². The van der Waals surface area contributed by atoms with Crippen LogP contribution in [0.1, 0.15) is 29.7 Å². The van der Waals surface area contributed by atoms with Crippen molar-refractivity contribution in [1.29, 1.82) is 0 Å². The van der Waals surface area contributed by atoms with Crippen LogP contribution < -0.4 is 5.32 Å². The second kappa shape index (κ2) is 6.87. The molecule has 2 aromatic rings. The van der Waals surface area contributed by atoms with Crippen molar-refractivity contribution in [1.82, 2.24) is 5.32 Å². The molecule has 0 saturated heterocycles. The van der Waals surface area contributed by atoms with Crippen LogP contribution in [0.3, 0.4) is 0 Å². The molecule has 1 atom stereocenters. The van der Waals surface area contributed by atoms with Crippen LogP contribution in [0, 0.1) is 12.7 Å². The van der Waals surface area contributed by atoms with Gasteiger partial charge in [-0.1, -0.05) is 36.7 Å². The Bertz CT molecular complexity index is 583. The summed E-state index contributed by atoms with van der Waals surface area (Å²) >= 11 is 6.06. The first-order valence-electron chi connectivity index (χ1n) is 6.84. The highest BCUT2D eigenvalue weighted by Crippen LogP contribution is 2.23. The summed E-state index contributed by atoms with van der Waals surface area (Å²) in [6.07, 6.45) is 0.748. The fourth-order valence-electron chi connectivity index (χ4n) is 2.36. The zero-order valence-corrected chi connectivity index (χ0v) is 12.5. The smallest absolute Gasteiger partial charge is 0.123 e. The van der Waals surface area contributed by atoms with Crippen LogP contribution in [0.2, 0.25) is 5.02 Å². The number of hydrogen-bond acceptors (Lipinski definition) is 1. The number of aryl methyl sites for hydroxylation is 1. The van der Waals surface area contributed by atoms with Crippen LogP contribution in [0.25, 0.3) is 0 Å². The highest BCUT2D eigenvalue weighted by molar-refractivity contribution is 6.30. The third-order valence-electron chi connectivity index (χ3n) is 3.44. The Morgan fingerprint density at radius 2 is 2.00 bits per heavy atom. The Morgan fingerprint density at radius 1 is 1.20 bits per heavy atom. The first-order valence-corrected chi connectivity index (χ1v) is 7.22. The second-order valence-corrected chi connectivity index (χ2v) is 5.38. The predicted molar refractivity (Wildman–Crippen MR) is 82.7 cm³/mol. The van der Waals surface area contributed by atoms with Crippen molar-refractivity contribution in [2.75, 3.05) is 6.54 Å². The standard InChI is InChI=1S/C17H19ClFN/c1-3-20-17(13-5-4-6-15(18)9-13)11-14-10-16(19)8-7-12(14)2/h4-10,17,20H,3,11H2,1-2H3. The minimum Gasteiger partial charge on any atom is -0.310 e. The molecule has 0 aliphatic carbocycles. The number of benzene rings is 2. The minimum atomic E-state index is -0.188. The molecular formula is C17H19ClFN. The average molecular weight is 292 g/mol. The first kappa shape index (κ1) is 15.0. The number of hydrogen-bond donors (Lipinski definition) is 1. The maximum absolute atomic E-state index is 13.4. The van der Waals surface area contributed by atoms with Gasteiger partial charge in [-0.15, -0.1) is 0 Å². The van der Waals surface area contributed by atoms with E-state index < -0.39 is 0 Å². The van der Waals surface area contributed by atoms with E-state index in [0.29, 0.717) is 0 Å². The summed E-state index contributed by atoms with van der Waals surface area (Å²) in [6.45, 7) is 4.93. The van der Waals surface area contributed by atoms with E-state index in [9.17, 15) is 4.39 Å². The number of likely N-dealkylation sites (N-methyl/N-ethyl adjacent to an activating group) is 1. The highest BCUT2D eigenvalue weighted by Gasteiger charge is 2.13. The molecule has 0 heterocycles. The van der Waals surface area contributed by atoms with Crippen molar-refractivity contribution in [2.45, 2.75) is 26.3 Å². The second-order valence-electron chi connectivity index (χ2n) is 4.94. The van der Waals surface area contributed by atoms with E-state index in [1.807, 2.05) is 37.3 Å².